The second kappa shape index (κ2) is 8.89. The van der Waals surface area contributed by atoms with Crippen molar-refractivity contribution < 1.29 is 18.6 Å². The van der Waals surface area contributed by atoms with Crippen molar-refractivity contribution in [1.29, 1.82) is 0 Å². The fraction of sp³-hybridized carbons (Fsp3) is 0.292. The third-order valence-electron chi connectivity index (χ3n) is 5.26. The van der Waals surface area contributed by atoms with E-state index >= 15 is 0 Å². The lowest BCUT2D eigenvalue weighted by Gasteiger charge is -2.16. The van der Waals surface area contributed by atoms with Crippen molar-refractivity contribution in [1.82, 2.24) is 4.98 Å². The van der Waals surface area contributed by atoms with E-state index in [9.17, 15) is 13.9 Å². The van der Waals surface area contributed by atoms with E-state index in [1.165, 1.54) is 12.1 Å². The number of hydrogen-bond acceptors (Lipinski definition) is 5. The van der Waals surface area contributed by atoms with Crippen LogP contribution in [-0.4, -0.2) is 28.7 Å². The molecule has 31 heavy (non-hydrogen) atoms. The molecule has 1 aromatic heterocycles. The summed E-state index contributed by atoms with van der Waals surface area (Å²) in [6.07, 6.45) is 9.05. The molecule has 2 aliphatic heterocycles. The predicted molar refractivity (Wildman–Crippen MR) is 116 cm³/mol. The Labute approximate surface area is 179 Å². The van der Waals surface area contributed by atoms with Gasteiger partial charge in [-0.05, 0) is 47.8 Å². The van der Waals surface area contributed by atoms with Crippen LogP contribution in [0.3, 0.4) is 0 Å². The van der Waals surface area contributed by atoms with Gasteiger partial charge in [-0.3, -0.25) is 0 Å². The lowest BCUT2D eigenvalue weighted by molar-refractivity contribution is 0.0173. The molecule has 0 saturated heterocycles. The van der Waals surface area contributed by atoms with E-state index in [1.54, 1.807) is 24.5 Å². The largest absolute Gasteiger partial charge is 0.471 e. The van der Waals surface area contributed by atoms with E-state index in [1.807, 2.05) is 18.2 Å². The Balaban J connectivity index is 1.51. The van der Waals surface area contributed by atoms with Gasteiger partial charge < -0.3 is 9.84 Å². The van der Waals surface area contributed by atoms with Gasteiger partial charge in [0.25, 0.3) is 5.92 Å². The molecule has 160 valence electrons. The number of aromatic nitrogens is 1. The summed E-state index contributed by atoms with van der Waals surface area (Å²) in [7, 11) is 0. The molecule has 1 unspecified atom stereocenters. The minimum Gasteiger partial charge on any atom is -0.471 e. The zero-order valence-electron chi connectivity index (χ0n) is 17.1. The summed E-state index contributed by atoms with van der Waals surface area (Å²) in [6, 6.07) is 9.85. The van der Waals surface area contributed by atoms with Gasteiger partial charge in [0.2, 0.25) is 5.88 Å². The maximum atomic E-state index is 13.7. The van der Waals surface area contributed by atoms with Crippen LogP contribution in [0.1, 0.15) is 36.5 Å². The van der Waals surface area contributed by atoms with Crippen molar-refractivity contribution in [3.63, 3.8) is 0 Å². The van der Waals surface area contributed by atoms with Crippen LogP contribution in [0.25, 0.3) is 5.57 Å². The van der Waals surface area contributed by atoms with Crippen molar-refractivity contribution in [3.05, 3.63) is 77.1 Å². The summed E-state index contributed by atoms with van der Waals surface area (Å²) in [5.74, 6) is -1.61. The number of alkyl halides is 2. The van der Waals surface area contributed by atoms with Gasteiger partial charge in [-0.15, -0.1) is 0 Å². The monoisotopic (exact) mass is 423 g/mol. The van der Waals surface area contributed by atoms with Crippen LogP contribution >= 0.6 is 0 Å². The van der Waals surface area contributed by atoms with Gasteiger partial charge in [0.1, 0.15) is 12.4 Å². The standard InChI is InChI=1S/C24H23F2N3O2/c1-24(25,26)19-8-9-21(18(11-19)14-30)17-6-4-5-16-12-20(29-23(16)28-13-17)15-31-22-7-2-3-10-27-22/h2-3,6-13,16,30H,4-5,14-15H2,1H3. The molecule has 1 aromatic carbocycles. The zero-order chi connectivity index (χ0) is 21.8. The van der Waals surface area contributed by atoms with Crippen molar-refractivity contribution >= 4 is 17.6 Å². The highest BCUT2D eigenvalue weighted by atomic mass is 19.3. The van der Waals surface area contributed by atoms with Crippen molar-refractivity contribution in [2.45, 2.75) is 32.3 Å². The maximum Gasteiger partial charge on any atom is 0.270 e. The molecule has 2 aromatic rings. The highest BCUT2D eigenvalue weighted by Gasteiger charge is 2.26. The van der Waals surface area contributed by atoms with E-state index in [2.05, 4.69) is 21.0 Å². The SMILES string of the molecule is CC(F)(F)c1ccc(C2=CCCC3C=C(COc4ccccn4)N=C3N=C2)c(CO)c1. The first-order valence-corrected chi connectivity index (χ1v) is 10.1. The quantitative estimate of drug-likeness (QED) is 0.717. The number of fused-ring (bicyclic) bond motifs is 1. The number of aliphatic imine (C=N–C) groups is 2. The highest BCUT2D eigenvalue weighted by molar-refractivity contribution is 6.15. The molecule has 0 fully saturated rings. The second-order valence-electron chi connectivity index (χ2n) is 7.60. The first-order chi connectivity index (χ1) is 14.9. The fourth-order valence-corrected chi connectivity index (χ4v) is 3.64. The summed E-state index contributed by atoms with van der Waals surface area (Å²) in [4.78, 5) is 13.3. The lowest BCUT2D eigenvalue weighted by atomic mass is 9.93. The summed E-state index contributed by atoms with van der Waals surface area (Å²) in [5, 5.41) is 9.74. The summed E-state index contributed by atoms with van der Waals surface area (Å²) in [5.41, 5.74) is 2.62. The van der Waals surface area contributed by atoms with E-state index < -0.39 is 5.92 Å². The van der Waals surface area contributed by atoms with E-state index in [-0.39, 0.29) is 18.1 Å². The van der Waals surface area contributed by atoms with Crippen LogP contribution in [0.4, 0.5) is 8.78 Å². The molecule has 3 heterocycles. The Morgan fingerprint density at radius 2 is 2.10 bits per heavy atom. The number of rotatable bonds is 6. The van der Waals surface area contributed by atoms with Gasteiger partial charge in [-0.2, -0.15) is 0 Å². The minimum atomic E-state index is -2.96. The van der Waals surface area contributed by atoms with Crippen LogP contribution in [0.15, 0.2) is 70.4 Å². The topological polar surface area (TPSA) is 67.1 Å². The van der Waals surface area contributed by atoms with Crippen molar-refractivity contribution in [2.75, 3.05) is 6.61 Å². The van der Waals surface area contributed by atoms with Gasteiger partial charge >= 0.3 is 0 Å². The Morgan fingerprint density at radius 3 is 2.84 bits per heavy atom. The minimum absolute atomic E-state index is 0.106. The van der Waals surface area contributed by atoms with E-state index in [4.69, 9.17) is 4.74 Å². The first kappa shape index (κ1) is 21.1. The smallest absolute Gasteiger partial charge is 0.270 e. The Bertz CT molecular complexity index is 1070. The van der Waals surface area contributed by atoms with Crippen LogP contribution < -0.4 is 4.74 Å². The summed E-state index contributed by atoms with van der Waals surface area (Å²) < 4.78 is 33.0. The van der Waals surface area contributed by atoms with Gasteiger partial charge in [0.05, 0.1) is 12.3 Å². The van der Waals surface area contributed by atoms with Gasteiger partial charge in [-0.25, -0.2) is 23.7 Å². The molecule has 0 saturated carbocycles. The van der Waals surface area contributed by atoms with Gasteiger partial charge in [-0.1, -0.05) is 24.3 Å². The van der Waals surface area contributed by atoms with Crippen LogP contribution in [0.5, 0.6) is 5.88 Å². The van der Waals surface area contributed by atoms with Gasteiger partial charge in [0.15, 0.2) is 0 Å². The number of allylic oxidation sites excluding steroid dienone is 2. The fourth-order valence-electron chi connectivity index (χ4n) is 3.64. The number of benzene rings is 1. The Kier molecular flexibility index (Phi) is 6.04. The normalized spacial score (nSPS) is 18.5. The summed E-state index contributed by atoms with van der Waals surface area (Å²) >= 11 is 0. The average Bonchev–Trinajstić information content (AvgIpc) is 3.13. The highest BCUT2D eigenvalue weighted by Crippen LogP contribution is 2.32. The van der Waals surface area contributed by atoms with Crippen molar-refractivity contribution in [3.8, 4) is 5.88 Å². The molecule has 7 heteroatoms. The Hall–Kier alpha value is -3.19. The lowest BCUT2D eigenvalue weighted by Crippen LogP contribution is -2.11. The molecular weight excluding hydrogens is 400 g/mol. The molecule has 0 aliphatic carbocycles. The van der Waals surface area contributed by atoms with Gasteiger partial charge in [0, 0.05) is 36.9 Å². The molecule has 5 nitrogen and oxygen atoms in total. The number of aliphatic hydroxyl groups excluding tert-OH is 1. The van der Waals surface area contributed by atoms with E-state index in [0.29, 0.717) is 29.4 Å². The average molecular weight is 423 g/mol. The maximum absolute atomic E-state index is 13.7. The third-order valence-corrected chi connectivity index (χ3v) is 5.26. The molecule has 0 spiro atoms. The van der Waals surface area contributed by atoms with Crippen molar-refractivity contribution in [2.24, 2.45) is 15.9 Å². The third kappa shape index (κ3) is 4.94. The second-order valence-corrected chi connectivity index (χ2v) is 7.60. The Morgan fingerprint density at radius 1 is 1.23 bits per heavy atom. The molecule has 4 rings (SSSR count). The molecule has 0 bridgehead atoms. The van der Waals surface area contributed by atoms with Crippen LogP contribution in [0, 0.1) is 5.92 Å². The van der Waals surface area contributed by atoms with E-state index in [0.717, 1.165) is 31.0 Å². The predicted octanol–water partition coefficient (Wildman–Crippen LogP) is 4.92. The molecule has 0 amide bonds. The molecular formula is C24H23F2N3O2. The van der Waals surface area contributed by atoms with Crippen LogP contribution in [0.2, 0.25) is 0 Å². The number of aliphatic hydroxyl groups is 1. The first-order valence-electron chi connectivity index (χ1n) is 10.1. The number of amidine groups is 1. The zero-order valence-corrected chi connectivity index (χ0v) is 17.1. The summed E-state index contributed by atoms with van der Waals surface area (Å²) in [6.45, 7) is 0.832. The number of ether oxygens (including phenoxy) is 1. The molecule has 2 aliphatic rings. The molecule has 1 atom stereocenters. The number of pyridine rings is 1. The number of halogens is 2. The molecule has 0 radical (unpaired) electrons. The molecule has 1 N–H and O–H groups in total. The van der Waals surface area contributed by atoms with Crippen LogP contribution in [-0.2, 0) is 12.5 Å². The number of hydrogen-bond donors (Lipinski definition) is 1. The number of nitrogens with zero attached hydrogens (tertiary/aromatic N) is 3.